The van der Waals surface area contributed by atoms with Gasteiger partial charge in [-0.2, -0.15) is 0 Å². The standard InChI is InChI=1S/C15H21NO2S/c1-10-5-6-11(2)13(8-10)19-12-4-3-7-15(16,9-12)14(17)18/h5-6,8,12H,3-4,7,9,16H2,1-2H3,(H,17,18). The first-order valence-corrected chi connectivity index (χ1v) is 7.55. The SMILES string of the molecule is Cc1ccc(C)c(SC2CCCC(N)(C(=O)O)C2)c1. The van der Waals surface area contributed by atoms with Crippen LogP contribution >= 0.6 is 11.8 Å². The summed E-state index contributed by atoms with van der Waals surface area (Å²) in [5.41, 5.74) is 7.45. The molecule has 1 aliphatic carbocycles. The number of carboxylic acid groups (broad SMARTS) is 1. The molecule has 3 nitrogen and oxygen atoms in total. The highest BCUT2D eigenvalue weighted by Gasteiger charge is 2.39. The first kappa shape index (κ1) is 14.4. The van der Waals surface area contributed by atoms with Gasteiger partial charge in [0.05, 0.1) is 0 Å². The zero-order valence-electron chi connectivity index (χ0n) is 11.5. The summed E-state index contributed by atoms with van der Waals surface area (Å²) in [5.74, 6) is -0.862. The Bertz CT molecular complexity index is 489. The second-order valence-electron chi connectivity index (χ2n) is 5.57. The molecule has 0 spiro atoms. The molecule has 0 aliphatic heterocycles. The highest BCUT2D eigenvalue weighted by molar-refractivity contribution is 8.00. The van der Waals surface area contributed by atoms with Gasteiger partial charge in [0.25, 0.3) is 0 Å². The van der Waals surface area contributed by atoms with Gasteiger partial charge in [-0.05, 0) is 51.2 Å². The van der Waals surface area contributed by atoms with Crippen LogP contribution in [0.25, 0.3) is 0 Å². The van der Waals surface area contributed by atoms with Gasteiger partial charge in [-0.15, -0.1) is 11.8 Å². The van der Waals surface area contributed by atoms with Crippen LogP contribution in [0.3, 0.4) is 0 Å². The molecule has 1 fully saturated rings. The van der Waals surface area contributed by atoms with Crippen molar-refractivity contribution in [3.63, 3.8) is 0 Å². The maximum Gasteiger partial charge on any atom is 0.323 e. The van der Waals surface area contributed by atoms with E-state index >= 15 is 0 Å². The Morgan fingerprint density at radius 3 is 2.89 bits per heavy atom. The summed E-state index contributed by atoms with van der Waals surface area (Å²) in [7, 11) is 0. The summed E-state index contributed by atoms with van der Waals surface area (Å²) in [4.78, 5) is 12.5. The van der Waals surface area contributed by atoms with E-state index in [4.69, 9.17) is 5.73 Å². The molecule has 0 heterocycles. The number of benzene rings is 1. The lowest BCUT2D eigenvalue weighted by Crippen LogP contribution is -2.51. The molecule has 1 aromatic rings. The predicted octanol–water partition coefficient (Wildman–Crippen LogP) is 3.12. The van der Waals surface area contributed by atoms with E-state index in [9.17, 15) is 9.90 Å². The second-order valence-corrected chi connectivity index (χ2v) is 6.91. The normalized spacial score (nSPS) is 27.2. The summed E-state index contributed by atoms with van der Waals surface area (Å²) in [6.45, 7) is 4.17. The fourth-order valence-corrected chi connectivity index (χ4v) is 4.10. The van der Waals surface area contributed by atoms with Crippen LogP contribution in [0.15, 0.2) is 23.1 Å². The number of rotatable bonds is 3. The first-order chi connectivity index (χ1) is 8.90. The minimum atomic E-state index is -1.03. The number of carbonyl (C=O) groups is 1. The van der Waals surface area contributed by atoms with Crippen LogP contribution in [0.1, 0.15) is 36.8 Å². The topological polar surface area (TPSA) is 63.3 Å². The molecule has 1 aromatic carbocycles. The smallest absolute Gasteiger partial charge is 0.323 e. The van der Waals surface area contributed by atoms with E-state index in [0.29, 0.717) is 18.1 Å². The van der Waals surface area contributed by atoms with Crippen molar-refractivity contribution >= 4 is 17.7 Å². The maximum absolute atomic E-state index is 11.3. The molecule has 0 amide bonds. The Labute approximate surface area is 118 Å². The third-order valence-electron chi connectivity index (χ3n) is 3.80. The van der Waals surface area contributed by atoms with E-state index in [2.05, 4.69) is 32.0 Å². The number of aryl methyl sites for hydroxylation is 2. The molecular weight excluding hydrogens is 258 g/mol. The lowest BCUT2D eigenvalue weighted by atomic mass is 9.82. The van der Waals surface area contributed by atoms with Crippen LogP contribution in [0.5, 0.6) is 0 Å². The number of hydrogen-bond donors (Lipinski definition) is 2. The molecule has 0 aromatic heterocycles. The van der Waals surface area contributed by atoms with E-state index in [1.807, 2.05) is 0 Å². The van der Waals surface area contributed by atoms with Gasteiger partial charge >= 0.3 is 5.97 Å². The average Bonchev–Trinajstić information content (AvgIpc) is 2.34. The zero-order chi connectivity index (χ0) is 14.0. The van der Waals surface area contributed by atoms with Crippen LogP contribution in [0.2, 0.25) is 0 Å². The first-order valence-electron chi connectivity index (χ1n) is 6.67. The van der Waals surface area contributed by atoms with Gasteiger partial charge in [-0.1, -0.05) is 17.7 Å². The number of thioether (sulfide) groups is 1. The van der Waals surface area contributed by atoms with Gasteiger partial charge in [0.2, 0.25) is 0 Å². The Balaban J connectivity index is 2.11. The summed E-state index contributed by atoms with van der Waals surface area (Å²) in [6, 6.07) is 6.39. The third-order valence-corrected chi connectivity index (χ3v) is 5.23. The van der Waals surface area contributed by atoms with E-state index in [-0.39, 0.29) is 0 Å². The molecule has 0 saturated heterocycles. The molecular formula is C15H21NO2S. The summed E-state index contributed by atoms with van der Waals surface area (Å²) in [5, 5.41) is 9.55. The number of hydrogen-bond acceptors (Lipinski definition) is 3. The van der Waals surface area contributed by atoms with Crippen molar-refractivity contribution in [1.29, 1.82) is 0 Å². The number of nitrogens with two attached hydrogens (primary N) is 1. The van der Waals surface area contributed by atoms with Gasteiger partial charge in [-0.3, -0.25) is 4.79 Å². The van der Waals surface area contributed by atoms with Crippen LogP contribution < -0.4 is 5.73 Å². The van der Waals surface area contributed by atoms with E-state index in [1.165, 1.54) is 16.0 Å². The van der Waals surface area contributed by atoms with Gasteiger partial charge in [0.15, 0.2) is 0 Å². The Morgan fingerprint density at radius 2 is 2.21 bits per heavy atom. The molecule has 104 valence electrons. The Kier molecular flexibility index (Phi) is 4.21. The third kappa shape index (κ3) is 3.31. The molecule has 1 aliphatic rings. The lowest BCUT2D eigenvalue weighted by Gasteiger charge is -2.34. The Morgan fingerprint density at radius 1 is 1.47 bits per heavy atom. The van der Waals surface area contributed by atoms with Crippen LogP contribution in [0, 0.1) is 13.8 Å². The molecule has 2 rings (SSSR count). The molecule has 4 heteroatoms. The molecule has 3 N–H and O–H groups in total. The molecule has 2 atom stereocenters. The van der Waals surface area contributed by atoms with Crippen molar-refractivity contribution in [3.05, 3.63) is 29.3 Å². The quantitative estimate of drug-likeness (QED) is 0.892. The van der Waals surface area contributed by atoms with Crippen molar-refractivity contribution in [2.24, 2.45) is 5.73 Å². The lowest BCUT2D eigenvalue weighted by molar-refractivity contribution is -0.144. The minimum Gasteiger partial charge on any atom is -0.480 e. The highest BCUT2D eigenvalue weighted by Crippen LogP contribution is 2.38. The summed E-state index contributed by atoms with van der Waals surface area (Å²) in [6.07, 6.45) is 3.09. The fraction of sp³-hybridized carbons (Fsp3) is 0.533. The van der Waals surface area contributed by atoms with Gasteiger partial charge in [-0.25, -0.2) is 0 Å². The van der Waals surface area contributed by atoms with E-state index < -0.39 is 11.5 Å². The molecule has 2 unspecified atom stereocenters. The minimum absolute atomic E-state index is 0.301. The van der Waals surface area contributed by atoms with Gasteiger partial charge in [0.1, 0.15) is 5.54 Å². The maximum atomic E-state index is 11.3. The number of carboxylic acids is 1. The van der Waals surface area contributed by atoms with Gasteiger partial charge < -0.3 is 10.8 Å². The van der Waals surface area contributed by atoms with Crippen molar-refractivity contribution in [3.8, 4) is 0 Å². The van der Waals surface area contributed by atoms with E-state index in [1.54, 1.807) is 11.8 Å². The molecule has 0 radical (unpaired) electrons. The van der Waals surface area contributed by atoms with Crippen molar-refractivity contribution in [1.82, 2.24) is 0 Å². The summed E-state index contributed by atoms with van der Waals surface area (Å²) >= 11 is 1.78. The Hall–Kier alpha value is -1.00. The fourth-order valence-electron chi connectivity index (χ4n) is 2.56. The molecule has 19 heavy (non-hydrogen) atoms. The average molecular weight is 279 g/mol. The zero-order valence-corrected chi connectivity index (χ0v) is 12.3. The highest BCUT2D eigenvalue weighted by atomic mass is 32.2. The van der Waals surface area contributed by atoms with Crippen molar-refractivity contribution in [2.45, 2.75) is 55.2 Å². The van der Waals surface area contributed by atoms with Crippen molar-refractivity contribution in [2.75, 3.05) is 0 Å². The van der Waals surface area contributed by atoms with Gasteiger partial charge in [0, 0.05) is 10.1 Å². The van der Waals surface area contributed by atoms with Crippen molar-refractivity contribution < 1.29 is 9.90 Å². The monoisotopic (exact) mass is 279 g/mol. The summed E-state index contributed by atoms with van der Waals surface area (Å²) < 4.78 is 0. The van der Waals surface area contributed by atoms with E-state index in [0.717, 1.165) is 12.8 Å². The van der Waals surface area contributed by atoms with Crippen LogP contribution in [-0.4, -0.2) is 21.9 Å². The largest absolute Gasteiger partial charge is 0.480 e. The van der Waals surface area contributed by atoms with Crippen LogP contribution in [0.4, 0.5) is 0 Å². The predicted molar refractivity (Wildman–Crippen MR) is 78.6 cm³/mol. The van der Waals surface area contributed by atoms with Crippen LogP contribution in [-0.2, 0) is 4.79 Å². The molecule has 0 bridgehead atoms. The second kappa shape index (κ2) is 5.55. The molecule has 1 saturated carbocycles. The number of aliphatic carboxylic acids is 1.